The van der Waals surface area contributed by atoms with Crippen molar-refractivity contribution in [1.82, 2.24) is 9.88 Å². The fourth-order valence-electron chi connectivity index (χ4n) is 2.71. The summed E-state index contributed by atoms with van der Waals surface area (Å²) in [4.78, 5) is 40.8. The van der Waals surface area contributed by atoms with E-state index in [2.05, 4.69) is 4.98 Å². The van der Waals surface area contributed by atoms with Gasteiger partial charge in [-0.3, -0.25) is 9.59 Å². The van der Waals surface area contributed by atoms with Gasteiger partial charge in [0.15, 0.2) is 11.8 Å². The molecule has 2 atom stereocenters. The molecule has 0 unspecified atom stereocenters. The first-order valence-electron chi connectivity index (χ1n) is 8.64. The van der Waals surface area contributed by atoms with Gasteiger partial charge in [0, 0.05) is 38.2 Å². The van der Waals surface area contributed by atoms with Crippen LogP contribution in [0.2, 0.25) is 0 Å². The summed E-state index contributed by atoms with van der Waals surface area (Å²) in [5.41, 5.74) is -0.0764. The van der Waals surface area contributed by atoms with Gasteiger partial charge in [0.2, 0.25) is 5.91 Å². The molecule has 1 N–H and O–H groups in total. The molecule has 0 aliphatic heterocycles. The van der Waals surface area contributed by atoms with Crippen molar-refractivity contribution in [2.75, 3.05) is 7.05 Å². The van der Waals surface area contributed by atoms with Crippen LogP contribution >= 0.6 is 11.3 Å². The first-order chi connectivity index (χ1) is 12.0. The zero-order chi connectivity index (χ0) is 20.0. The average molecular weight is 384 g/mol. The summed E-state index contributed by atoms with van der Waals surface area (Å²) in [6.07, 6.45) is 0.120. The fourth-order valence-corrected chi connectivity index (χ4v) is 3.54. The number of thiazole rings is 1. The van der Waals surface area contributed by atoms with Gasteiger partial charge < -0.3 is 14.7 Å². The molecule has 0 aliphatic carbocycles. The van der Waals surface area contributed by atoms with Gasteiger partial charge in [0.05, 0.1) is 0 Å². The Balaban J connectivity index is 3.05. The van der Waals surface area contributed by atoms with Crippen molar-refractivity contribution in [3.05, 3.63) is 16.1 Å². The number of hydrogen-bond acceptors (Lipinski definition) is 6. The monoisotopic (exact) mass is 384 g/mol. The zero-order valence-electron chi connectivity index (χ0n) is 16.2. The lowest BCUT2D eigenvalue weighted by atomic mass is 9.95. The molecule has 0 aliphatic rings. The van der Waals surface area contributed by atoms with Crippen LogP contribution in [-0.4, -0.2) is 45.9 Å². The summed E-state index contributed by atoms with van der Waals surface area (Å²) < 4.78 is 5.40. The number of esters is 1. The van der Waals surface area contributed by atoms with E-state index in [1.54, 1.807) is 11.9 Å². The highest BCUT2D eigenvalue weighted by Gasteiger charge is 2.30. The highest BCUT2D eigenvalue weighted by Crippen LogP contribution is 2.30. The molecule has 146 valence electrons. The fraction of sp³-hybridized carbons (Fsp3) is 0.667. The van der Waals surface area contributed by atoms with Gasteiger partial charge >= 0.3 is 11.9 Å². The molecule has 0 aromatic carbocycles. The number of aromatic nitrogens is 1. The van der Waals surface area contributed by atoms with Crippen LogP contribution in [-0.2, 0) is 14.3 Å². The van der Waals surface area contributed by atoms with Gasteiger partial charge in [-0.15, -0.1) is 11.3 Å². The molecule has 26 heavy (non-hydrogen) atoms. The van der Waals surface area contributed by atoms with Crippen LogP contribution in [0, 0.1) is 11.8 Å². The van der Waals surface area contributed by atoms with Crippen LogP contribution in [0.4, 0.5) is 0 Å². The lowest BCUT2D eigenvalue weighted by molar-refractivity contribution is -0.148. The van der Waals surface area contributed by atoms with Crippen LogP contribution < -0.4 is 0 Å². The Labute approximate surface area is 158 Å². The normalized spacial score (nSPS) is 13.5. The number of hydrogen-bond donors (Lipinski definition) is 1. The van der Waals surface area contributed by atoms with Crippen LogP contribution in [0.25, 0.3) is 0 Å². The maximum atomic E-state index is 12.5. The van der Waals surface area contributed by atoms with E-state index in [1.807, 2.05) is 27.7 Å². The topological polar surface area (TPSA) is 96.8 Å². The summed E-state index contributed by atoms with van der Waals surface area (Å²) in [5, 5.41) is 10.9. The minimum Gasteiger partial charge on any atom is -0.476 e. The molecule has 0 saturated heterocycles. The minimum absolute atomic E-state index is 0.0330. The maximum absolute atomic E-state index is 12.5. The zero-order valence-corrected chi connectivity index (χ0v) is 17.0. The van der Waals surface area contributed by atoms with Crippen LogP contribution in [0.3, 0.4) is 0 Å². The molecule has 1 amide bonds. The number of amides is 1. The third-order valence-electron chi connectivity index (χ3n) is 4.02. The molecule has 0 fully saturated rings. The van der Waals surface area contributed by atoms with Gasteiger partial charge in [0.25, 0.3) is 0 Å². The largest absolute Gasteiger partial charge is 0.476 e. The van der Waals surface area contributed by atoms with Crippen molar-refractivity contribution in [3.63, 3.8) is 0 Å². The highest BCUT2D eigenvalue weighted by atomic mass is 32.1. The van der Waals surface area contributed by atoms with Crippen molar-refractivity contribution in [1.29, 1.82) is 0 Å². The summed E-state index contributed by atoms with van der Waals surface area (Å²) in [5.74, 6) is -1.18. The van der Waals surface area contributed by atoms with E-state index in [-0.39, 0.29) is 29.5 Å². The van der Waals surface area contributed by atoms with Crippen molar-refractivity contribution in [2.45, 2.75) is 59.6 Å². The molecule has 8 heteroatoms. The number of ether oxygens (including phenoxy) is 1. The molecule has 0 radical (unpaired) electrons. The smallest absolute Gasteiger partial charge is 0.355 e. The molecule has 0 spiro atoms. The molecule has 0 saturated carbocycles. The Morgan fingerprint density at radius 3 is 2.31 bits per heavy atom. The number of carboxylic acids is 1. The van der Waals surface area contributed by atoms with Crippen LogP contribution in [0.1, 0.15) is 69.1 Å². The highest BCUT2D eigenvalue weighted by molar-refractivity contribution is 7.09. The average Bonchev–Trinajstić information content (AvgIpc) is 2.99. The van der Waals surface area contributed by atoms with E-state index in [0.717, 1.165) is 11.3 Å². The summed E-state index contributed by atoms with van der Waals surface area (Å²) in [6.45, 7) is 9.27. The standard InChI is InChI=1S/C18H28N2O5S/c1-10(2)7-16(22)20(6)14(11(3)4)8-15(25-12(5)21)17-19-13(9-26-17)18(23)24/h9-11,14-15H,7-8H2,1-6H3,(H,23,24)/t14-,15-/m1/s1. The summed E-state index contributed by atoms with van der Waals surface area (Å²) >= 11 is 1.14. The summed E-state index contributed by atoms with van der Waals surface area (Å²) in [7, 11) is 1.75. The summed E-state index contributed by atoms with van der Waals surface area (Å²) in [6, 6.07) is -0.164. The Bertz CT molecular complexity index is 641. The molecule has 0 bridgehead atoms. The number of carbonyl (C=O) groups is 3. The van der Waals surface area contributed by atoms with Crippen molar-refractivity contribution in [2.24, 2.45) is 11.8 Å². The second kappa shape index (κ2) is 9.66. The molecular weight excluding hydrogens is 356 g/mol. The Morgan fingerprint density at radius 1 is 1.27 bits per heavy atom. The van der Waals surface area contributed by atoms with Crippen LogP contribution in [0.15, 0.2) is 5.38 Å². The quantitative estimate of drug-likeness (QED) is 0.656. The van der Waals surface area contributed by atoms with E-state index >= 15 is 0 Å². The van der Waals surface area contributed by atoms with Crippen LogP contribution in [0.5, 0.6) is 0 Å². The lowest BCUT2D eigenvalue weighted by Gasteiger charge is -2.34. The third-order valence-corrected chi connectivity index (χ3v) is 4.96. The van der Waals surface area contributed by atoms with Crippen molar-refractivity contribution >= 4 is 29.2 Å². The molecule has 1 aromatic rings. The van der Waals surface area contributed by atoms with Gasteiger partial charge in [0.1, 0.15) is 5.01 Å². The van der Waals surface area contributed by atoms with Gasteiger partial charge in [-0.05, 0) is 11.8 Å². The Morgan fingerprint density at radius 2 is 1.88 bits per heavy atom. The lowest BCUT2D eigenvalue weighted by Crippen LogP contribution is -2.42. The predicted molar refractivity (Wildman–Crippen MR) is 99.0 cm³/mol. The van der Waals surface area contributed by atoms with Gasteiger partial charge in [-0.1, -0.05) is 27.7 Å². The number of carboxylic acid groups (broad SMARTS) is 1. The maximum Gasteiger partial charge on any atom is 0.355 e. The Kier molecular flexibility index (Phi) is 8.20. The number of nitrogens with zero attached hydrogens (tertiary/aromatic N) is 2. The van der Waals surface area contributed by atoms with E-state index < -0.39 is 18.0 Å². The molecule has 1 rings (SSSR count). The second-order valence-corrected chi connectivity index (χ2v) is 8.01. The van der Waals surface area contributed by atoms with Crippen molar-refractivity contribution < 1.29 is 24.2 Å². The molecule has 7 nitrogen and oxygen atoms in total. The second-order valence-electron chi connectivity index (χ2n) is 7.12. The van der Waals surface area contributed by atoms with Crippen molar-refractivity contribution in [3.8, 4) is 0 Å². The van der Waals surface area contributed by atoms with E-state index in [4.69, 9.17) is 9.84 Å². The molecule has 1 heterocycles. The van der Waals surface area contributed by atoms with Gasteiger partial charge in [-0.25, -0.2) is 9.78 Å². The SMILES string of the molecule is CC(=O)O[C@H](C[C@H](C(C)C)N(C)C(=O)CC(C)C)c1nc(C(=O)O)cs1. The number of rotatable bonds is 9. The van der Waals surface area contributed by atoms with E-state index in [1.165, 1.54) is 12.3 Å². The van der Waals surface area contributed by atoms with Gasteiger partial charge in [-0.2, -0.15) is 0 Å². The number of aromatic carboxylic acids is 1. The van der Waals surface area contributed by atoms with E-state index in [0.29, 0.717) is 17.8 Å². The third kappa shape index (κ3) is 6.40. The predicted octanol–water partition coefficient (Wildman–Crippen LogP) is 3.36. The number of carbonyl (C=O) groups excluding carboxylic acids is 2. The first-order valence-corrected chi connectivity index (χ1v) is 9.52. The molecular formula is C18H28N2O5S. The first kappa shape index (κ1) is 22.1. The molecule has 1 aromatic heterocycles. The Hall–Kier alpha value is -1.96. The minimum atomic E-state index is -1.13. The van der Waals surface area contributed by atoms with E-state index in [9.17, 15) is 14.4 Å².